The summed E-state index contributed by atoms with van der Waals surface area (Å²) in [5.41, 5.74) is 1.00. The third-order valence-corrected chi connectivity index (χ3v) is 5.21. The van der Waals surface area contributed by atoms with E-state index in [1.54, 1.807) is 19.5 Å². The third-order valence-electron chi connectivity index (χ3n) is 5.21. The van der Waals surface area contributed by atoms with Gasteiger partial charge < -0.3 is 25.0 Å². The zero-order valence-electron chi connectivity index (χ0n) is 19.6. The average Bonchev–Trinajstić information content (AvgIpc) is 3.23. The Morgan fingerprint density at radius 1 is 1.11 bits per heavy atom. The van der Waals surface area contributed by atoms with Crippen LogP contribution in [0.4, 0.5) is 26.3 Å². The molecule has 0 radical (unpaired) electrons. The molecule has 3 heterocycles. The van der Waals surface area contributed by atoms with Gasteiger partial charge >= 0.3 is 24.3 Å². The molecule has 37 heavy (non-hydrogen) atoms. The van der Waals surface area contributed by atoms with E-state index >= 15 is 0 Å². The van der Waals surface area contributed by atoms with Gasteiger partial charge in [-0.25, -0.2) is 9.59 Å². The molecule has 1 aromatic heterocycles. The first-order valence-electron chi connectivity index (χ1n) is 10.8. The zero-order valence-corrected chi connectivity index (χ0v) is 19.6. The Bertz CT molecular complexity index is 846. The van der Waals surface area contributed by atoms with Crippen LogP contribution in [0.15, 0.2) is 24.5 Å². The summed E-state index contributed by atoms with van der Waals surface area (Å²) < 4.78 is 74.7. The minimum Gasteiger partial charge on any atom is -0.475 e. The van der Waals surface area contributed by atoms with Gasteiger partial charge in [-0.1, -0.05) is 6.07 Å². The van der Waals surface area contributed by atoms with Crippen LogP contribution < -0.4 is 5.32 Å². The predicted molar refractivity (Wildman–Crippen MR) is 113 cm³/mol. The molecule has 2 aliphatic rings. The zero-order chi connectivity index (χ0) is 28.2. The molecule has 16 heteroatoms. The lowest BCUT2D eigenvalue weighted by molar-refractivity contribution is -0.193. The average molecular weight is 547 g/mol. The number of amides is 1. The number of methoxy groups -OCH3 is 1. The number of carbonyl (C=O) groups excluding carboxylic acids is 1. The molecule has 2 fully saturated rings. The van der Waals surface area contributed by atoms with Gasteiger partial charge in [-0.15, -0.1) is 0 Å². The van der Waals surface area contributed by atoms with Gasteiger partial charge in [0.05, 0.1) is 12.7 Å². The van der Waals surface area contributed by atoms with Gasteiger partial charge in [-0.3, -0.25) is 14.7 Å². The van der Waals surface area contributed by atoms with Crippen molar-refractivity contribution in [1.29, 1.82) is 0 Å². The Morgan fingerprint density at radius 2 is 1.70 bits per heavy atom. The van der Waals surface area contributed by atoms with E-state index < -0.39 is 24.3 Å². The summed E-state index contributed by atoms with van der Waals surface area (Å²) in [5, 5.41) is 17.2. The van der Waals surface area contributed by atoms with E-state index in [-0.39, 0.29) is 18.1 Å². The van der Waals surface area contributed by atoms with E-state index in [2.05, 4.69) is 15.2 Å². The molecular weight excluding hydrogens is 520 g/mol. The van der Waals surface area contributed by atoms with Gasteiger partial charge in [0.15, 0.2) is 0 Å². The molecule has 210 valence electrons. The quantitative estimate of drug-likeness (QED) is 0.458. The SMILES string of the molecule is COCCN1CC[C@H]2O[C@@H](C(=O)NCc3cccnc3)CC[C@H]21.O=C(O)C(F)(F)F.O=C(O)C(F)(F)F. The number of pyridine rings is 1. The van der Waals surface area contributed by atoms with Crippen LogP contribution in [0.2, 0.25) is 0 Å². The van der Waals surface area contributed by atoms with Crippen LogP contribution in [0.1, 0.15) is 24.8 Å². The fourth-order valence-corrected chi connectivity index (χ4v) is 3.50. The third kappa shape index (κ3) is 11.7. The van der Waals surface area contributed by atoms with E-state index in [1.807, 2.05) is 12.1 Å². The topological polar surface area (TPSA) is 138 Å². The molecule has 3 N–H and O–H groups in total. The molecule has 1 amide bonds. The lowest BCUT2D eigenvalue weighted by Gasteiger charge is -2.35. The molecule has 0 aliphatic carbocycles. The van der Waals surface area contributed by atoms with Crippen molar-refractivity contribution in [2.45, 2.75) is 56.4 Å². The minimum absolute atomic E-state index is 0.0114. The molecule has 10 nitrogen and oxygen atoms in total. The van der Waals surface area contributed by atoms with Crippen LogP contribution in [0.3, 0.4) is 0 Å². The van der Waals surface area contributed by atoms with E-state index in [0.29, 0.717) is 12.6 Å². The highest BCUT2D eigenvalue weighted by atomic mass is 19.4. The van der Waals surface area contributed by atoms with Crippen molar-refractivity contribution in [2.75, 3.05) is 26.8 Å². The summed E-state index contributed by atoms with van der Waals surface area (Å²) >= 11 is 0. The summed E-state index contributed by atoms with van der Waals surface area (Å²) in [4.78, 5) is 36.6. The fraction of sp³-hybridized carbons (Fsp3) is 0.619. The second-order valence-corrected chi connectivity index (χ2v) is 7.81. The monoisotopic (exact) mass is 547 g/mol. The summed E-state index contributed by atoms with van der Waals surface area (Å²) in [6, 6.07) is 4.26. The molecule has 2 saturated heterocycles. The number of aromatic nitrogens is 1. The Balaban J connectivity index is 0.000000404. The molecule has 0 unspecified atom stereocenters. The number of aliphatic carboxylic acids is 2. The molecule has 2 aliphatic heterocycles. The first-order valence-corrected chi connectivity index (χ1v) is 10.8. The maximum Gasteiger partial charge on any atom is 0.490 e. The number of fused-ring (bicyclic) bond motifs is 1. The van der Waals surface area contributed by atoms with Gasteiger partial charge in [0, 0.05) is 45.2 Å². The highest BCUT2D eigenvalue weighted by Gasteiger charge is 2.41. The Hall–Kier alpha value is -2.98. The fourth-order valence-electron chi connectivity index (χ4n) is 3.50. The number of hydrogen-bond donors (Lipinski definition) is 3. The minimum atomic E-state index is -5.08. The molecule has 0 bridgehead atoms. The van der Waals surface area contributed by atoms with Gasteiger partial charge in [-0.2, -0.15) is 26.3 Å². The highest BCUT2D eigenvalue weighted by molar-refractivity contribution is 5.80. The molecule has 1 aromatic rings. The van der Waals surface area contributed by atoms with Crippen molar-refractivity contribution < 1.29 is 60.4 Å². The summed E-state index contributed by atoms with van der Waals surface area (Å²) in [7, 11) is 1.73. The van der Waals surface area contributed by atoms with E-state index in [1.165, 1.54) is 0 Å². The van der Waals surface area contributed by atoms with Crippen molar-refractivity contribution in [3.05, 3.63) is 30.1 Å². The van der Waals surface area contributed by atoms with Crippen LogP contribution in [-0.4, -0.2) is 95.4 Å². The summed E-state index contributed by atoms with van der Waals surface area (Å²) in [5.74, 6) is -5.53. The van der Waals surface area contributed by atoms with E-state index in [4.69, 9.17) is 29.3 Å². The smallest absolute Gasteiger partial charge is 0.475 e. The number of hydrogen-bond acceptors (Lipinski definition) is 7. The Kier molecular flexibility index (Phi) is 12.7. The largest absolute Gasteiger partial charge is 0.490 e. The lowest BCUT2D eigenvalue weighted by atomic mass is 9.98. The molecule has 0 spiro atoms. The number of carboxylic acids is 2. The Labute approximate surface area is 207 Å². The maximum atomic E-state index is 12.3. The number of carboxylic acid groups (broad SMARTS) is 2. The van der Waals surface area contributed by atoms with Crippen LogP contribution >= 0.6 is 0 Å². The normalized spacial score (nSPS) is 21.4. The van der Waals surface area contributed by atoms with Gasteiger partial charge in [-0.05, 0) is 30.9 Å². The van der Waals surface area contributed by atoms with Crippen molar-refractivity contribution in [3.8, 4) is 0 Å². The van der Waals surface area contributed by atoms with Crippen LogP contribution in [0, 0.1) is 0 Å². The van der Waals surface area contributed by atoms with Crippen molar-refractivity contribution in [1.82, 2.24) is 15.2 Å². The molecule has 0 saturated carbocycles. The number of ether oxygens (including phenoxy) is 2. The second kappa shape index (κ2) is 14.7. The first-order chi connectivity index (χ1) is 17.2. The lowest BCUT2D eigenvalue weighted by Crippen LogP contribution is -2.48. The van der Waals surface area contributed by atoms with Gasteiger partial charge in [0.2, 0.25) is 5.91 Å². The van der Waals surface area contributed by atoms with Crippen molar-refractivity contribution >= 4 is 17.8 Å². The standard InChI is InChI=1S/C17H25N3O3.2C2HF3O2/c1-22-10-9-20-8-6-15-14(20)4-5-16(23-15)17(21)19-12-13-3-2-7-18-11-13;2*3-2(4,5)1(6)7/h2-3,7,11,14-16H,4-6,8-10,12H2,1H3,(H,19,21);2*(H,6,7)/t14-,15-,16-;;/m1../s1. The number of likely N-dealkylation sites (tertiary alicyclic amines) is 1. The number of rotatable bonds is 6. The van der Waals surface area contributed by atoms with E-state index in [0.717, 1.165) is 44.5 Å². The summed E-state index contributed by atoms with van der Waals surface area (Å²) in [6.07, 6.45) is -4.03. The first kappa shape index (κ1) is 32.0. The van der Waals surface area contributed by atoms with Crippen molar-refractivity contribution in [3.63, 3.8) is 0 Å². The van der Waals surface area contributed by atoms with Crippen LogP contribution in [0.25, 0.3) is 0 Å². The number of nitrogens with zero attached hydrogens (tertiary/aromatic N) is 2. The number of alkyl halides is 6. The molecular formula is C21H27F6N3O7. The second-order valence-electron chi connectivity index (χ2n) is 7.81. The number of carbonyl (C=O) groups is 3. The Morgan fingerprint density at radius 3 is 2.19 bits per heavy atom. The van der Waals surface area contributed by atoms with Crippen LogP contribution in [-0.2, 0) is 30.4 Å². The van der Waals surface area contributed by atoms with Crippen molar-refractivity contribution in [2.24, 2.45) is 0 Å². The summed E-state index contributed by atoms with van der Waals surface area (Å²) in [6.45, 7) is 3.22. The number of halogens is 6. The molecule has 3 rings (SSSR count). The maximum absolute atomic E-state index is 12.3. The predicted octanol–water partition coefficient (Wildman–Crippen LogP) is 2.23. The van der Waals surface area contributed by atoms with Gasteiger partial charge in [0.1, 0.15) is 6.10 Å². The number of nitrogens with one attached hydrogen (secondary N) is 1. The van der Waals surface area contributed by atoms with Gasteiger partial charge in [0.25, 0.3) is 0 Å². The van der Waals surface area contributed by atoms with Crippen LogP contribution in [0.5, 0.6) is 0 Å². The molecule has 0 aromatic carbocycles. The highest BCUT2D eigenvalue weighted by Crippen LogP contribution is 2.31. The molecule has 3 atom stereocenters. The van der Waals surface area contributed by atoms with E-state index in [9.17, 15) is 31.1 Å².